The van der Waals surface area contributed by atoms with E-state index in [1.807, 2.05) is 74.5 Å². The monoisotopic (exact) mass is 512 g/mol. The molecule has 2 aromatic carbocycles. The summed E-state index contributed by atoms with van der Waals surface area (Å²) in [7, 11) is 1.68. The fraction of sp³-hybridized carbons (Fsp3) is 0.310. The van der Waals surface area contributed by atoms with Crippen molar-refractivity contribution in [3.63, 3.8) is 0 Å². The molecule has 38 heavy (non-hydrogen) atoms. The Hall–Kier alpha value is -4.08. The number of urea groups is 1. The number of hydrogen-bond donors (Lipinski definition) is 2. The highest BCUT2D eigenvalue weighted by molar-refractivity contribution is 5.91. The Morgan fingerprint density at radius 1 is 1.05 bits per heavy atom. The molecule has 0 bridgehead atoms. The van der Waals surface area contributed by atoms with Crippen molar-refractivity contribution in [2.24, 2.45) is 0 Å². The number of carbonyl (C=O) groups is 1. The predicted molar refractivity (Wildman–Crippen MR) is 145 cm³/mol. The second-order valence-electron chi connectivity index (χ2n) is 9.40. The zero-order valence-electron chi connectivity index (χ0n) is 21.8. The molecule has 4 aromatic rings. The lowest BCUT2D eigenvalue weighted by Crippen LogP contribution is -2.40. The van der Waals surface area contributed by atoms with Gasteiger partial charge >= 0.3 is 6.03 Å². The van der Waals surface area contributed by atoms with E-state index in [-0.39, 0.29) is 24.3 Å². The topological polar surface area (TPSA) is 103 Å². The maximum Gasteiger partial charge on any atom is 0.320 e. The molecule has 2 N–H and O–H groups in total. The maximum absolute atomic E-state index is 13.4. The van der Waals surface area contributed by atoms with Crippen LogP contribution in [0.1, 0.15) is 35.9 Å². The summed E-state index contributed by atoms with van der Waals surface area (Å²) in [5, 5.41) is 11.1. The fourth-order valence-electron chi connectivity index (χ4n) is 4.79. The van der Waals surface area contributed by atoms with E-state index >= 15 is 0 Å². The van der Waals surface area contributed by atoms with Crippen LogP contribution >= 0.6 is 0 Å². The summed E-state index contributed by atoms with van der Waals surface area (Å²) in [6.07, 6.45) is 4.70. The number of methoxy groups -OCH3 is 1. The Labute approximate surface area is 222 Å². The van der Waals surface area contributed by atoms with Gasteiger partial charge in [-0.3, -0.25) is 5.32 Å². The van der Waals surface area contributed by atoms with Gasteiger partial charge in [-0.1, -0.05) is 48.5 Å². The zero-order chi connectivity index (χ0) is 26.5. The molecule has 1 saturated heterocycles. The highest BCUT2D eigenvalue weighted by Gasteiger charge is 2.37. The van der Waals surface area contributed by atoms with Crippen molar-refractivity contribution in [3.05, 3.63) is 90.0 Å². The molecule has 1 aliphatic heterocycles. The van der Waals surface area contributed by atoms with E-state index in [0.717, 1.165) is 28.8 Å². The molecule has 0 aliphatic carbocycles. The first kappa shape index (κ1) is 25.6. The third-order valence-electron chi connectivity index (χ3n) is 6.72. The van der Waals surface area contributed by atoms with Crippen LogP contribution in [0.5, 0.6) is 0 Å². The summed E-state index contributed by atoms with van der Waals surface area (Å²) in [6.45, 7) is 4.38. The van der Waals surface area contributed by atoms with E-state index < -0.39 is 0 Å². The third kappa shape index (κ3) is 5.58. The van der Waals surface area contributed by atoms with Crippen LogP contribution in [0.3, 0.4) is 0 Å². The number of anilines is 1. The highest BCUT2D eigenvalue weighted by atomic mass is 16.5. The zero-order valence-corrected chi connectivity index (χ0v) is 21.8. The number of hydrogen-bond acceptors (Lipinski definition) is 6. The number of nitrogens with zero attached hydrogens (tertiary/aromatic N) is 4. The molecule has 1 fully saturated rings. The largest absolute Gasteiger partial charge is 0.385 e. The molecule has 0 saturated carbocycles. The molecule has 2 amide bonds. The number of nitrogens with one attached hydrogen (secondary N) is 2. The Kier molecular flexibility index (Phi) is 7.76. The molecule has 0 radical (unpaired) electrons. The molecule has 9 heteroatoms. The minimum Gasteiger partial charge on any atom is -0.385 e. The van der Waals surface area contributed by atoms with E-state index in [0.29, 0.717) is 30.4 Å². The number of benzene rings is 2. The van der Waals surface area contributed by atoms with Crippen molar-refractivity contribution < 1.29 is 14.3 Å². The van der Waals surface area contributed by atoms with E-state index in [2.05, 4.69) is 20.6 Å². The highest BCUT2D eigenvalue weighted by Crippen LogP contribution is 2.35. The van der Waals surface area contributed by atoms with Gasteiger partial charge in [0, 0.05) is 37.2 Å². The summed E-state index contributed by atoms with van der Waals surface area (Å²) in [4.78, 5) is 22.1. The summed E-state index contributed by atoms with van der Waals surface area (Å²) >= 11 is 0. The number of aromatic nitrogens is 4. The van der Waals surface area contributed by atoms with E-state index in [1.165, 1.54) is 0 Å². The Morgan fingerprint density at radius 3 is 2.42 bits per heavy atom. The van der Waals surface area contributed by atoms with Crippen LogP contribution in [0.25, 0.3) is 16.9 Å². The number of ether oxygens (including phenoxy) is 2. The smallest absolute Gasteiger partial charge is 0.320 e. The average molecular weight is 513 g/mol. The van der Waals surface area contributed by atoms with Crippen molar-refractivity contribution in [1.29, 1.82) is 0 Å². The third-order valence-corrected chi connectivity index (χ3v) is 6.72. The van der Waals surface area contributed by atoms with Crippen LogP contribution in [0.2, 0.25) is 0 Å². The Morgan fingerprint density at radius 2 is 1.74 bits per heavy atom. The van der Waals surface area contributed by atoms with Gasteiger partial charge in [-0.25, -0.2) is 19.4 Å². The van der Waals surface area contributed by atoms with Gasteiger partial charge in [0.25, 0.3) is 0 Å². The van der Waals surface area contributed by atoms with E-state index in [4.69, 9.17) is 14.6 Å². The van der Waals surface area contributed by atoms with E-state index in [1.54, 1.807) is 24.2 Å². The Balaban J connectivity index is 1.41. The van der Waals surface area contributed by atoms with Crippen LogP contribution in [-0.2, 0) is 9.47 Å². The number of rotatable bonds is 8. The van der Waals surface area contributed by atoms with Crippen LogP contribution < -0.4 is 10.6 Å². The van der Waals surface area contributed by atoms with Gasteiger partial charge in [-0.2, -0.15) is 5.10 Å². The van der Waals surface area contributed by atoms with Crippen LogP contribution in [0.4, 0.5) is 10.6 Å². The summed E-state index contributed by atoms with van der Waals surface area (Å²) in [5.41, 5.74) is 4.16. The van der Waals surface area contributed by atoms with E-state index in [9.17, 15) is 4.79 Å². The summed E-state index contributed by atoms with van der Waals surface area (Å²) in [6, 6.07) is 19.2. The molecule has 5 rings (SSSR count). The molecule has 1 unspecified atom stereocenters. The van der Waals surface area contributed by atoms with Gasteiger partial charge in [0.1, 0.15) is 23.4 Å². The first-order valence-electron chi connectivity index (χ1n) is 12.7. The van der Waals surface area contributed by atoms with Gasteiger partial charge in [-0.05, 0) is 44.4 Å². The van der Waals surface area contributed by atoms with Crippen LogP contribution in [-0.4, -0.2) is 51.6 Å². The second kappa shape index (κ2) is 11.5. The van der Waals surface area contributed by atoms with Gasteiger partial charge in [0.05, 0.1) is 17.8 Å². The SMILES string of the molecule is COCCC1C[C@@H](NC(=O)Nc2c(C)c(-c3cnc(C)nc3)nn2-c2ccccc2)[C@H](c2ccccc2)O1. The first-order valence-corrected chi connectivity index (χ1v) is 12.7. The predicted octanol–water partition coefficient (Wildman–Crippen LogP) is 5.00. The number of para-hydroxylation sites is 1. The van der Waals surface area contributed by atoms with Crippen molar-refractivity contribution in [1.82, 2.24) is 25.1 Å². The molecular formula is C29H32N6O3. The minimum atomic E-state index is -0.321. The van der Waals surface area contributed by atoms with Crippen LogP contribution in [0, 0.1) is 13.8 Å². The molecular weight excluding hydrogens is 480 g/mol. The van der Waals surface area contributed by atoms with Gasteiger partial charge in [0.15, 0.2) is 0 Å². The van der Waals surface area contributed by atoms with Gasteiger partial charge < -0.3 is 14.8 Å². The fourth-order valence-corrected chi connectivity index (χ4v) is 4.79. The summed E-state index contributed by atoms with van der Waals surface area (Å²) in [5.74, 6) is 1.26. The quantitative estimate of drug-likeness (QED) is 0.344. The minimum absolute atomic E-state index is 0.00446. The molecule has 1 aliphatic rings. The normalized spacial score (nSPS) is 18.9. The molecule has 0 spiro atoms. The molecule has 2 aromatic heterocycles. The number of carbonyl (C=O) groups excluding carboxylic acids is 1. The maximum atomic E-state index is 13.4. The van der Waals surface area contributed by atoms with Crippen LogP contribution in [0.15, 0.2) is 73.1 Å². The number of aryl methyl sites for hydroxylation is 1. The van der Waals surface area contributed by atoms with Gasteiger partial charge in [0.2, 0.25) is 0 Å². The molecule has 9 nitrogen and oxygen atoms in total. The van der Waals surface area contributed by atoms with Crippen molar-refractivity contribution in [2.45, 2.75) is 44.9 Å². The summed E-state index contributed by atoms with van der Waals surface area (Å²) < 4.78 is 13.3. The lowest BCUT2D eigenvalue weighted by Gasteiger charge is -2.21. The molecule has 196 valence electrons. The standard InChI is InChI=1S/C29H32N6O3/c1-19-26(22-17-30-20(2)31-18-22)34-35(23-12-8-5-9-13-23)28(19)33-29(36)32-25-16-24(14-15-37-3)38-27(25)21-10-6-4-7-11-21/h4-13,17-18,24-25,27H,14-16H2,1-3H3,(H2,32,33,36)/t24?,25-,27+/m1/s1. The van der Waals surface area contributed by atoms with Crippen molar-refractivity contribution >= 4 is 11.8 Å². The second-order valence-corrected chi connectivity index (χ2v) is 9.40. The van der Waals surface area contributed by atoms with Gasteiger partial charge in [-0.15, -0.1) is 0 Å². The molecule has 3 heterocycles. The first-order chi connectivity index (χ1) is 18.5. The lowest BCUT2D eigenvalue weighted by atomic mass is 10.0. The Bertz CT molecular complexity index is 1360. The van der Waals surface area contributed by atoms with Crippen molar-refractivity contribution in [2.75, 3.05) is 19.0 Å². The van der Waals surface area contributed by atoms with Crippen molar-refractivity contribution in [3.8, 4) is 16.9 Å². The average Bonchev–Trinajstić information content (AvgIpc) is 3.49. The molecule has 3 atom stereocenters. The lowest BCUT2D eigenvalue weighted by molar-refractivity contribution is 0.0212. The number of amides is 2.